The zero-order valence-electron chi connectivity index (χ0n) is 6.58. The summed E-state index contributed by atoms with van der Waals surface area (Å²) in [6, 6.07) is 0. The molecule has 0 aromatic carbocycles. The van der Waals surface area contributed by atoms with Gasteiger partial charge < -0.3 is 0 Å². The number of unbranched alkanes of at least 4 members (excludes halogenated alkanes) is 2. The number of halogens is 2. The summed E-state index contributed by atoms with van der Waals surface area (Å²) in [6.45, 7) is 1.90. The van der Waals surface area contributed by atoms with Gasteiger partial charge >= 0.3 is 0 Å². The van der Waals surface area contributed by atoms with Gasteiger partial charge in [-0.3, -0.25) is 0 Å². The standard InChI is InChI=1S/C8H16BrF/c1-2-8(10)6-4-3-5-7-9/h8H,2-7H2,1H3. The first-order valence-electron chi connectivity index (χ1n) is 4.01. The van der Waals surface area contributed by atoms with Crippen molar-refractivity contribution in [2.75, 3.05) is 5.33 Å². The summed E-state index contributed by atoms with van der Waals surface area (Å²) in [4.78, 5) is 0. The van der Waals surface area contributed by atoms with Gasteiger partial charge in [-0.05, 0) is 19.3 Å². The second kappa shape index (κ2) is 7.52. The van der Waals surface area contributed by atoms with Crippen LogP contribution in [-0.4, -0.2) is 11.5 Å². The van der Waals surface area contributed by atoms with Crippen LogP contribution >= 0.6 is 15.9 Å². The largest absolute Gasteiger partial charge is 0.248 e. The minimum atomic E-state index is -0.560. The summed E-state index contributed by atoms with van der Waals surface area (Å²) < 4.78 is 12.5. The maximum atomic E-state index is 12.5. The molecule has 0 heterocycles. The van der Waals surface area contributed by atoms with E-state index in [0.29, 0.717) is 6.42 Å². The van der Waals surface area contributed by atoms with Gasteiger partial charge in [0, 0.05) is 5.33 Å². The average molecular weight is 211 g/mol. The molecule has 62 valence electrons. The summed E-state index contributed by atoms with van der Waals surface area (Å²) in [7, 11) is 0. The van der Waals surface area contributed by atoms with Crippen LogP contribution in [0, 0.1) is 0 Å². The topological polar surface area (TPSA) is 0 Å². The van der Waals surface area contributed by atoms with E-state index in [4.69, 9.17) is 0 Å². The third-order valence-corrected chi connectivity index (χ3v) is 2.15. The highest BCUT2D eigenvalue weighted by molar-refractivity contribution is 9.09. The van der Waals surface area contributed by atoms with Crippen molar-refractivity contribution < 1.29 is 4.39 Å². The van der Waals surface area contributed by atoms with Crippen molar-refractivity contribution in [2.45, 2.75) is 45.2 Å². The Balaban J connectivity index is 2.89. The van der Waals surface area contributed by atoms with E-state index in [9.17, 15) is 4.39 Å². The molecule has 0 saturated carbocycles. The molecule has 0 aliphatic carbocycles. The molecule has 0 radical (unpaired) electrons. The molecule has 0 aliphatic heterocycles. The van der Waals surface area contributed by atoms with Crippen molar-refractivity contribution in [2.24, 2.45) is 0 Å². The first kappa shape index (κ1) is 10.4. The van der Waals surface area contributed by atoms with Crippen molar-refractivity contribution in [3.8, 4) is 0 Å². The predicted octanol–water partition coefficient (Wildman–Crippen LogP) is 3.69. The highest BCUT2D eigenvalue weighted by Gasteiger charge is 2.00. The Morgan fingerprint density at radius 2 is 2.00 bits per heavy atom. The van der Waals surface area contributed by atoms with Crippen molar-refractivity contribution in [1.29, 1.82) is 0 Å². The Morgan fingerprint density at radius 1 is 1.30 bits per heavy atom. The lowest BCUT2D eigenvalue weighted by Gasteiger charge is -2.02. The predicted molar refractivity (Wildman–Crippen MR) is 47.4 cm³/mol. The molecular formula is C8H16BrF. The molecule has 0 rings (SSSR count). The van der Waals surface area contributed by atoms with E-state index < -0.39 is 6.17 Å². The van der Waals surface area contributed by atoms with Crippen molar-refractivity contribution in [1.82, 2.24) is 0 Å². The minimum absolute atomic E-state index is 0.560. The number of rotatable bonds is 6. The van der Waals surface area contributed by atoms with E-state index in [-0.39, 0.29) is 0 Å². The number of hydrogen-bond donors (Lipinski definition) is 0. The molecular weight excluding hydrogens is 195 g/mol. The highest BCUT2D eigenvalue weighted by Crippen LogP contribution is 2.09. The Bertz CT molecular complexity index is 66.3. The summed E-state index contributed by atoms with van der Waals surface area (Å²) in [5, 5.41) is 1.05. The summed E-state index contributed by atoms with van der Waals surface area (Å²) in [5.41, 5.74) is 0. The Hall–Kier alpha value is 0.410. The second-order valence-electron chi connectivity index (χ2n) is 2.54. The van der Waals surface area contributed by atoms with Crippen LogP contribution in [0.15, 0.2) is 0 Å². The van der Waals surface area contributed by atoms with Crippen LogP contribution in [0.5, 0.6) is 0 Å². The van der Waals surface area contributed by atoms with Crippen molar-refractivity contribution in [3.63, 3.8) is 0 Å². The maximum absolute atomic E-state index is 12.5. The lowest BCUT2D eigenvalue weighted by molar-refractivity contribution is 0.297. The van der Waals surface area contributed by atoms with Gasteiger partial charge in [0.25, 0.3) is 0 Å². The van der Waals surface area contributed by atoms with E-state index in [1.165, 1.54) is 6.42 Å². The normalized spacial score (nSPS) is 13.5. The molecule has 0 spiro atoms. The SMILES string of the molecule is CCC(F)CCCCCBr. The average Bonchev–Trinajstić information content (AvgIpc) is 1.98. The molecule has 1 atom stereocenters. The van der Waals surface area contributed by atoms with Gasteiger partial charge in [-0.2, -0.15) is 0 Å². The summed E-state index contributed by atoms with van der Waals surface area (Å²) >= 11 is 3.34. The molecule has 0 N–H and O–H groups in total. The Morgan fingerprint density at radius 3 is 2.50 bits per heavy atom. The first-order valence-corrected chi connectivity index (χ1v) is 5.13. The van der Waals surface area contributed by atoms with Gasteiger partial charge in [0.15, 0.2) is 0 Å². The fourth-order valence-electron chi connectivity index (χ4n) is 0.841. The number of hydrogen-bond acceptors (Lipinski definition) is 0. The third kappa shape index (κ3) is 6.53. The number of alkyl halides is 2. The molecule has 0 fully saturated rings. The molecule has 1 unspecified atom stereocenters. The van der Waals surface area contributed by atoms with Crippen LogP contribution in [0.3, 0.4) is 0 Å². The van der Waals surface area contributed by atoms with Gasteiger partial charge in [0.2, 0.25) is 0 Å². The molecule has 2 heteroatoms. The monoisotopic (exact) mass is 210 g/mol. The second-order valence-corrected chi connectivity index (χ2v) is 3.34. The van der Waals surface area contributed by atoms with Crippen LogP contribution in [0.2, 0.25) is 0 Å². The van der Waals surface area contributed by atoms with E-state index in [1.54, 1.807) is 0 Å². The van der Waals surface area contributed by atoms with E-state index in [1.807, 2.05) is 6.92 Å². The lowest BCUT2D eigenvalue weighted by atomic mass is 10.1. The van der Waals surface area contributed by atoms with Gasteiger partial charge in [-0.25, -0.2) is 4.39 Å². The van der Waals surface area contributed by atoms with E-state index in [0.717, 1.165) is 24.6 Å². The molecule has 0 amide bonds. The first-order chi connectivity index (χ1) is 4.81. The molecule has 0 bridgehead atoms. The zero-order valence-corrected chi connectivity index (χ0v) is 8.16. The fraction of sp³-hybridized carbons (Fsp3) is 1.00. The third-order valence-electron chi connectivity index (χ3n) is 1.59. The van der Waals surface area contributed by atoms with Crippen molar-refractivity contribution in [3.05, 3.63) is 0 Å². The Labute approximate surface area is 71.3 Å². The summed E-state index contributed by atoms with van der Waals surface area (Å²) in [6.07, 6.45) is 4.25. The maximum Gasteiger partial charge on any atom is 0.0999 e. The zero-order chi connectivity index (χ0) is 7.82. The summed E-state index contributed by atoms with van der Waals surface area (Å²) in [5.74, 6) is 0. The quantitative estimate of drug-likeness (QED) is 0.464. The van der Waals surface area contributed by atoms with E-state index >= 15 is 0 Å². The molecule has 0 aromatic heterocycles. The molecule has 10 heavy (non-hydrogen) atoms. The smallest absolute Gasteiger partial charge is 0.0999 e. The van der Waals surface area contributed by atoms with Crippen LogP contribution in [0.25, 0.3) is 0 Å². The van der Waals surface area contributed by atoms with Crippen LogP contribution in [-0.2, 0) is 0 Å². The molecule has 0 aromatic rings. The molecule has 0 aliphatic rings. The van der Waals surface area contributed by atoms with Gasteiger partial charge in [0.05, 0.1) is 6.17 Å². The van der Waals surface area contributed by atoms with Crippen LogP contribution in [0.1, 0.15) is 39.0 Å². The van der Waals surface area contributed by atoms with Crippen LogP contribution < -0.4 is 0 Å². The van der Waals surface area contributed by atoms with Gasteiger partial charge in [0.1, 0.15) is 0 Å². The fourth-order valence-corrected chi connectivity index (χ4v) is 1.24. The molecule has 0 nitrogen and oxygen atoms in total. The van der Waals surface area contributed by atoms with Crippen molar-refractivity contribution >= 4 is 15.9 Å². The Kier molecular flexibility index (Phi) is 7.82. The minimum Gasteiger partial charge on any atom is -0.248 e. The van der Waals surface area contributed by atoms with Gasteiger partial charge in [-0.1, -0.05) is 35.7 Å². The highest BCUT2D eigenvalue weighted by atomic mass is 79.9. The molecule has 0 saturated heterocycles. The van der Waals surface area contributed by atoms with Gasteiger partial charge in [-0.15, -0.1) is 0 Å². The van der Waals surface area contributed by atoms with Crippen LogP contribution in [0.4, 0.5) is 4.39 Å². The van der Waals surface area contributed by atoms with E-state index in [2.05, 4.69) is 15.9 Å². The lowest BCUT2D eigenvalue weighted by Crippen LogP contribution is -1.96.